The SMILES string of the molecule is CC1CCC(Nc2cc(C(F)F)c(-c3sc(C(=O)NCC4(O)CC4)nc3C(=O)N3CCC[C@@H]3C)cn2)C1. The minimum absolute atomic E-state index is 0.00295. The summed E-state index contributed by atoms with van der Waals surface area (Å²) >= 11 is 0.905. The lowest BCUT2D eigenvalue weighted by molar-refractivity contribution is 0.0742. The van der Waals surface area contributed by atoms with Gasteiger partial charge in [-0.25, -0.2) is 18.7 Å². The predicted octanol–water partition coefficient (Wildman–Crippen LogP) is 4.62. The molecule has 3 heterocycles. The third-order valence-electron chi connectivity index (χ3n) is 7.71. The molecule has 1 aliphatic heterocycles. The van der Waals surface area contributed by atoms with Gasteiger partial charge in [0, 0.05) is 42.5 Å². The van der Waals surface area contributed by atoms with Crippen molar-refractivity contribution < 1.29 is 23.5 Å². The molecular formula is C26H33F2N5O3S. The topological polar surface area (TPSA) is 107 Å². The number of aliphatic hydroxyl groups is 1. The number of rotatable bonds is 8. The molecule has 2 saturated carbocycles. The van der Waals surface area contributed by atoms with Gasteiger partial charge in [0.25, 0.3) is 18.2 Å². The number of carbonyl (C=O) groups excluding carboxylic acids is 2. The second-order valence-electron chi connectivity index (χ2n) is 10.8. The Bertz CT molecular complexity index is 1180. The fourth-order valence-corrected chi connectivity index (χ4v) is 6.23. The Morgan fingerprint density at radius 3 is 2.68 bits per heavy atom. The van der Waals surface area contributed by atoms with E-state index < -0.39 is 17.9 Å². The van der Waals surface area contributed by atoms with Gasteiger partial charge in [-0.3, -0.25) is 9.59 Å². The number of amides is 2. The molecule has 11 heteroatoms. The van der Waals surface area contributed by atoms with Crippen molar-refractivity contribution in [1.82, 2.24) is 20.2 Å². The maximum Gasteiger partial charge on any atom is 0.280 e. The average molecular weight is 534 g/mol. The van der Waals surface area contributed by atoms with Gasteiger partial charge < -0.3 is 20.6 Å². The third kappa shape index (κ3) is 5.62. The molecule has 200 valence electrons. The van der Waals surface area contributed by atoms with Crippen molar-refractivity contribution in [3.63, 3.8) is 0 Å². The summed E-state index contributed by atoms with van der Waals surface area (Å²) in [6.07, 6.45) is 4.47. The zero-order valence-corrected chi connectivity index (χ0v) is 21.9. The van der Waals surface area contributed by atoms with Gasteiger partial charge in [0.1, 0.15) is 11.5 Å². The number of nitrogens with one attached hydrogen (secondary N) is 2. The van der Waals surface area contributed by atoms with Gasteiger partial charge in [0.05, 0.1) is 10.5 Å². The predicted molar refractivity (Wildman–Crippen MR) is 137 cm³/mol. The van der Waals surface area contributed by atoms with Crippen molar-refractivity contribution in [3.8, 4) is 10.4 Å². The van der Waals surface area contributed by atoms with Crippen LogP contribution in [0.15, 0.2) is 12.3 Å². The molecule has 3 N–H and O–H groups in total. The highest BCUT2D eigenvalue weighted by Gasteiger charge is 2.41. The average Bonchev–Trinajstić information content (AvgIpc) is 3.23. The molecule has 2 unspecified atom stereocenters. The first kappa shape index (κ1) is 26.0. The number of halogens is 2. The highest BCUT2D eigenvalue weighted by Crippen LogP contribution is 2.39. The number of hydrogen-bond acceptors (Lipinski definition) is 7. The van der Waals surface area contributed by atoms with E-state index in [1.165, 1.54) is 12.3 Å². The fraction of sp³-hybridized carbons (Fsp3) is 0.615. The highest BCUT2D eigenvalue weighted by molar-refractivity contribution is 7.17. The normalized spacial score (nSPS) is 24.5. The quantitative estimate of drug-likeness (QED) is 0.457. The molecule has 2 amide bonds. The molecule has 3 fully saturated rings. The number of hydrogen-bond donors (Lipinski definition) is 3. The van der Waals surface area contributed by atoms with E-state index in [0.29, 0.717) is 31.1 Å². The Hall–Kier alpha value is -2.66. The van der Waals surface area contributed by atoms with Gasteiger partial charge in [-0.15, -0.1) is 11.3 Å². The summed E-state index contributed by atoms with van der Waals surface area (Å²) in [4.78, 5) is 37.0. The van der Waals surface area contributed by atoms with E-state index in [0.717, 1.165) is 43.4 Å². The summed E-state index contributed by atoms with van der Waals surface area (Å²) in [7, 11) is 0. The summed E-state index contributed by atoms with van der Waals surface area (Å²) < 4.78 is 28.6. The third-order valence-corrected chi connectivity index (χ3v) is 8.79. The first-order valence-electron chi connectivity index (χ1n) is 13.0. The molecule has 0 spiro atoms. The minimum Gasteiger partial charge on any atom is -0.388 e. The number of thiazole rings is 1. The van der Waals surface area contributed by atoms with Crippen LogP contribution in [0.5, 0.6) is 0 Å². The second-order valence-corrected chi connectivity index (χ2v) is 11.8. The Labute approximate surface area is 218 Å². The van der Waals surface area contributed by atoms with Crippen LogP contribution < -0.4 is 10.6 Å². The number of anilines is 1. The molecule has 8 nitrogen and oxygen atoms in total. The molecule has 3 aliphatic rings. The van der Waals surface area contributed by atoms with E-state index in [1.54, 1.807) is 4.90 Å². The van der Waals surface area contributed by atoms with E-state index in [4.69, 9.17) is 0 Å². The molecule has 0 radical (unpaired) electrons. The van der Waals surface area contributed by atoms with E-state index >= 15 is 0 Å². The number of aromatic nitrogens is 2. The zero-order chi connectivity index (χ0) is 26.3. The molecule has 0 aromatic carbocycles. The van der Waals surface area contributed by atoms with Crippen LogP contribution in [0.2, 0.25) is 0 Å². The van der Waals surface area contributed by atoms with Gasteiger partial charge in [-0.2, -0.15) is 0 Å². The number of likely N-dealkylation sites (tertiary alicyclic amines) is 1. The Morgan fingerprint density at radius 1 is 1.27 bits per heavy atom. The maximum atomic E-state index is 14.3. The molecule has 2 aromatic heterocycles. The summed E-state index contributed by atoms with van der Waals surface area (Å²) in [5, 5.41) is 16.0. The zero-order valence-electron chi connectivity index (χ0n) is 21.1. The van der Waals surface area contributed by atoms with Crippen LogP contribution in [0.4, 0.5) is 14.6 Å². The van der Waals surface area contributed by atoms with Gasteiger partial charge in [-0.05, 0) is 63.9 Å². The van der Waals surface area contributed by atoms with Crippen LogP contribution in [-0.2, 0) is 0 Å². The van der Waals surface area contributed by atoms with Gasteiger partial charge >= 0.3 is 0 Å². The number of alkyl halides is 2. The van der Waals surface area contributed by atoms with Crippen molar-refractivity contribution >= 4 is 29.0 Å². The molecule has 2 aliphatic carbocycles. The summed E-state index contributed by atoms with van der Waals surface area (Å²) in [6.45, 7) is 4.74. The number of carbonyl (C=O) groups is 2. The van der Waals surface area contributed by atoms with E-state index in [2.05, 4.69) is 27.5 Å². The molecule has 1 saturated heterocycles. The van der Waals surface area contributed by atoms with E-state index in [9.17, 15) is 23.5 Å². The Morgan fingerprint density at radius 2 is 2.05 bits per heavy atom. The van der Waals surface area contributed by atoms with Crippen molar-refractivity contribution in [2.45, 2.75) is 82.9 Å². The number of nitrogens with zero attached hydrogens (tertiary/aromatic N) is 3. The van der Waals surface area contributed by atoms with Crippen LogP contribution in [0, 0.1) is 5.92 Å². The van der Waals surface area contributed by atoms with Crippen LogP contribution in [0.1, 0.15) is 91.1 Å². The van der Waals surface area contributed by atoms with Crippen molar-refractivity contribution in [2.75, 3.05) is 18.4 Å². The van der Waals surface area contributed by atoms with Crippen molar-refractivity contribution in [1.29, 1.82) is 0 Å². The second kappa shape index (κ2) is 10.2. The monoisotopic (exact) mass is 533 g/mol. The minimum atomic E-state index is -2.81. The van der Waals surface area contributed by atoms with E-state index in [-0.39, 0.29) is 51.2 Å². The maximum absolute atomic E-state index is 14.3. The fourth-order valence-electron chi connectivity index (χ4n) is 5.22. The lowest BCUT2D eigenvalue weighted by Gasteiger charge is -2.21. The van der Waals surface area contributed by atoms with Gasteiger partial charge in [-0.1, -0.05) is 6.92 Å². The summed E-state index contributed by atoms with van der Waals surface area (Å²) in [5.74, 6) is 0.0356. The van der Waals surface area contributed by atoms with Crippen LogP contribution in [0.25, 0.3) is 10.4 Å². The lowest BCUT2D eigenvalue weighted by atomic mass is 10.1. The molecule has 2 aromatic rings. The largest absolute Gasteiger partial charge is 0.388 e. The van der Waals surface area contributed by atoms with Gasteiger partial charge in [0.15, 0.2) is 5.01 Å². The standard InChI is InChI=1S/C26H33F2N5O3S/c1-14-5-6-16(10-14)31-19-11-17(22(27)28)18(12-29-19)21-20(25(35)33-9-3-4-15(33)2)32-24(37-21)23(34)30-13-26(36)7-8-26/h11-12,14-16,22,36H,3-10,13H2,1-2H3,(H,29,31)(H,30,34)/t14?,15-,16?/m0/s1. The van der Waals surface area contributed by atoms with Crippen molar-refractivity contribution in [3.05, 3.63) is 28.5 Å². The van der Waals surface area contributed by atoms with Crippen LogP contribution in [0.3, 0.4) is 0 Å². The molecule has 5 rings (SSSR count). The van der Waals surface area contributed by atoms with E-state index in [1.807, 2.05) is 6.92 Å². The molecule has 0 bridgehead atoms. The van der Waals surface area contributed by atoms with Gasteiger partial charge in [0.2, 0.25) is 0 Å². The highest BCUT2D eigenvalue weighted by atomic mass is 32.1. The molecular weight excluding hydrogens is 500 g/mol. The number of pyridine rings is 1. The van der Waals surface area contributed by atoms with Crippen LogP contribution in [-0.4, -0.2) is 62.6 Å². The Kier molecular flexibility index (Phi) is 7.19. The van der Waals surface area contributed by atoms with Crippen molar-refractivity contribution in [2.24, 2.45) is 5.92 Å². The summed E-state index contributed by atoms with van der Waals surface area (Å²) in [5.41, 5.74) is -1.06. The smallest absolute Gasteiger partial charge is 0.280 e. The molecule has 3 atom stereocenters. The first-order valence-corrected chi connectivity index (χ1v) is 13.8. The lowest BCUT2D eigenvalue weighted by Crippen LogP contribution is -2.35. The Balaban J connectivity index is 1.49. The van der Waals surface area contributed by atoms with Crippen LogP contribution >= 0.6 is 11.3 Å². The molecule has 37 heavy (non-hydrogen) atoms. The summed E-state index contributed by atoms with van der Waals surface area (Å²) in [6, 6.07) is 1.53. The first-order chi connectivity index (χ1) is 17.6.